The van der Waals surface area contributed by atoms with Crippen LogP contribution in [0.4, 0.5) is 0 Å². The molecule has 0 bridgehead atoms. The van der Waals surface area contributed by atoms with E-state index in [4.69, 9.17) is 4.74 Å². The highest BCUT2D eigenvalue weighted by molar-refractivity contribution is 5.90. The number of rotatable bonds is 6. The average molecular weight is 589 g/mol. The van der Waals surface area contributed by atoms with Crippen LogP contribution >= 0.6 is 0 Å². The van der Waals surface area contributed by atoms with Crippen molar-refractivity contribution < 1.29 is 24.9 Å². The summed E-state index contributed by atoms with van der Waals surface area (Å²) < 4.78 is 5.70. The van der Waals surface area contributed by atoms with E-state index < -0.39 is 23.0 Å². The van der Waals surface area contributed by atoms with Gasteiger partial charge in [0.25, 0.3) is 0 Å². The van der Waals surface area contributed by atoms with Crippen molar-refractivity contribution in [3.8, 4) is 11.5 Å². The van der Waals surface area contributed by atoms with Gasteiger partial charge in [0.05, 0.1) is 19.6 Å². The molecule has 7 nitrogen and oxygen atoms in total. The van der Waals surface area contributed by atoms with Crippen molar-refractivity contribution in [3.63, 3.8) is 0 Å². The van der Waals surface area contributed by atoms with Crippen molar-refractivity contribution in [2.45, 2.75) is 30.0 Å². The third-order valence-corrected chi connectivity index (χ3v) is 10.1. The summed E-state index contributed by atoms with van der Waals surface area (Å²) >= 11 is 0. The molecule has 44 heavy (non-hydrogen) atoms. The highest BCUT2D eigenvalue weighted by Gasteiger charge is 2.64. The number of carbonyl (C=O) groups excluding carboxylic acids is 1. The first kappa shape index (κ1) is 28.2. The molecule has 1 amide bonds. The summed E-state index contributed by atoms with van der Waals surface area (Å²) in [6.07, 6.45) is 1.08. The van der Waals surface area contributed by atoms with E-state index in [1.165, 1.54) is 0 Å². The molecule has 2 fully saturated rings. The lowest BCUT2D eigenvalue weighted by Gasteiger charge is -2.55. The molecule has 5 aromatic rings. The minimum absolute atomic E-state index is 0.0736. The predicted molar refractivity (Wildman–Crippen MR) is 168 cm³/mol. The number of phenolic OH excluding ortho intramolecular Hbond substituents is 1. The van der Waals surface area contributed by atoms with Gasteiger partial charge in [-0.2, -0.15) is 0 Å². The number of nitrogens with one attached hydrogen (secondary N) is 1. The predicted octanol–water partition coefficient (Wildman–Crippen LogP) is 5.14. The number of benzene rings is 4. The maximum Gasteiger partial charge on any atom is 0.227 e. The molecular formula is C37H36N2O5. The fourth-order valence-corrected chi connectivity index (χ4v) is 8.06. The summed E-state index contributed by atoms with van der Waals surface area (Å²) in [5.74, 6) is -0.150. The van der Waals surface area contributed by atoms with E-state index in [0.717, 1.165) is 27.6 Å². The monoisotopic (exact) mass is 588 g/mol. The number of aliphatic hydroxyl groups excluding tert-OH is 1. The lowest BCUT2D eigenvalue weighted by atomic mass is 9.51. The van der Waals surface area contributed by atoms with Crippen LogP contribution in [0.5, 0.6) is 11.5 Å². The first-order valence-electron chi connectivity index (χ1n) is 15.1. The number of aromatic nitrogens is 1. The Kier molecular flexibility index (Phi) is 6.95. The Balaban J connectivity index is 1.36. The standard InChI is InChI=1S/C37H36N2O5/c1-44-33-15-9-8-14-29(33)37(43)31-23-39(35(42)18-24-21-38-32-17-16-27(40)19-28(24)32)22-30(31)36(20-34(37)41,25-10-4-2-5-11-25)26-12-6-3-7-13-26/h2-17,19,21,30-31,34,38,40-41,43H,18,20,22-23H2,1H3/t30-,31+,34-,37+/m1/s1. The van der Waals surface area contributed by atoms with Gasteiger partial charge in [0.1, 0.15) is 17.1 Å². The van der Waals surface area contributed by atoms with Crippen molar-refractivity contribution >= 4 is 16.8 Å². The molecule has 7 heteroatoms. The van der Waals surface area contributed by atoms with E-state index in [9.17, 15) is 20.1 Å². The third-order valence-electron chi connectivity index (χ3n) is 10.1. The summed E-state index contributed by atoms with van der Waals surface area (Å²) in [4.78, 5) is 19.1. The number of aromatic amines is 1. The summed E-state index contributed by atoms with van der Waals surface area (Å²) in [5, 5.41) is 35.8. The third kappa shape index (κ3) is 4.30. The number of likely N-dealkylation sites (tertiary alicyclic amines) is 1. The Hall–Kier alpha value is -4.59. The zero-order valence-electron chi connectivity index (χ0n) is 24.6. The SMILES string of the molecule is COc1ccccc1[C@@]1(O)[C@H](O)CC(c2ccccc2)(c2ccccc2)[C@@H]2CN(C(=O)Cc3c[nH]c4ccc(O)cc34)C[C@@H]21. The molecule has 0 spiro atoms. The van der Waals surface area contributed by atoms with Crippen LogP contribution in [0.3, 0.4) is 0 Å². The van der Waals surface area contributed by atoms with Crippen molar-refractivity contribution in [1.82, 2.24) is 9.88 Å². The van der Waals surface area contributed by atoms with E-state index in [1.807, 2.05) is 65.7 Å². The number of aliphatic hydroxyl groups is 2. The maximum absolute atomic E-state index is 14.1. The Morgan fingerprint density at radius 2 is 1.55 bits per heavy atom. The lowest BCUT2D eigenvalue weighted by molar-refractivity contribution is -0.168. The summed E-state index contributed by atoms with van der Waals surface area (Å²) in [7, 11) is 1.57. The molecule has 7 rings (SSSR count). The summed E-state index contributed by atoms with van der Waals surface area (Å²) in [6, 6.07) is 32.7. The van der Waals surface area contributed by atoms with Crippen molar-refractivity contribution in [2.24, 2.45) is 11.8 Å². The van der Waals surface area contributed by atoms with Crippen LogP contribution < -0.4 is 4.74 Å². The average Bonchev–Trinajstić information content (AvgIpc) is 3.69. The molecule has 224 valence electrons. The number of phenols is 1. The molecule has 4 aromatic carbocycles. The number of amides is 1. The molecule has 0 unspecified atom stereocenters. The topological polar surface area (TPSA) is 106 Å². The number of aromatic hydroxyl groups is 1. The Morgan fingerprint density at radius 1 is 0.909 bits per heavy atom. The van der Waals surface area contributed by atoms with E-state index in [-0.39, 0.29) is 37.0 Å². The van der Waals surface area contributed by atoms with Gasteiger partial charge in [-0.25, -0.2) is 0 Å². The molecule has 4 atom stereocenters. The second kappa shape index (κ2) is 10.8. The minimum Gasteiger partial charge on any atom is -0.508 e. The molecule has 1 saturated heterocycles. The Morgan fingerprint density at radius 3 is 2.23 bits per heavy atom. The molecule has 1 aliphatic carbocycles. The van der Waals surface area contributed by atoms with Gasteiger partial charge in [-0.05, 0) is 53.3 Å². The second-order valence-electron chi connectivity index (χ2n) is 12.2. The Labute approximate surface area is 256 Å². The second-order valence-corrected chi connectivity index (χ2v) is 12.2. The zero-order valence-corrected chi connectivity index (χ0v) is 24.6. The highest BCUT2D eigenvalue weighted by Crippen LogP contribution is 2.60. The van der Waals surface area contributed by atoms with E-state index in [0.29, 0.717) is 17.9 Å². The van der Waals surface area contributed by atoms with E-state index >= 15 is 0 Å². The first-order chi connectivity index (χ1) is 21.4. The number of para-hydroxylation sites is 1. The first-order valence-corrected chi connectivity index (χ1v) is 15.1. The van der Waals surface area contributed by atoms with Crippen molar-refractivity contribution in [1.29, 1.82) is 0 Å². The fourth-order valence-electron chi connectivity index (χ4n) is 8.06. The largest absolute Gasteiger partial charge is 0.508 e. The molecule has 4 N–H and O–H groups in total. The molecule has 2 heterocycles. The van der Waals surface area contributed by atoms with Gasteiger partial charge in [-0.1, -0.05) is 78.9 Å². The van der Waals surface area contributed by atoms with Crippen LogP contribution in [-0.4, -0.2) is 57.4 Å². The van der Waals surface area contributed by atoms with Crippen LogP contribution in [0.15, 0.2) is 109 Å². The maximum atomic E-state index is 14.1. The van der Waals surface area contributed by atoms with Gasteiger partial charge < -0.3 is 29.9 Å². The minimum atomic E-state index is -1.66. The number of methoxy groups -OCH3 is 1. The van der Waals surface area contributed by atoms with Gasteiger partial charge in [-0.3, -0.25) is 4.79 Å². The van der Waals surface area contributed by atoms with E-state index in [1.54, 1.807) is 31.4 Å². The van der Waals surface area contributed by atoms with Gasteiger partial charge in [0, 0.05) is 47.1 Å². The van der Waals surface area contributed by atoms with Crippen LogP contribution in [0.2, 0.25) is 0 Å². The normalized spacial score (nSPS) is 24.2. The van der Waals surface area contributed by atoms with E-state index in [2.05, 4.69) is 29.2 Å². The lowest BCUT2D eigenvalue weighted by Crippen LogP contribution is -2.60. The van der Waals surface area contributed by atoms with Crippen LogP contribution in [0.1, 0.15) is 28.7 Å². The Bertz CT molecular complexity index is 1760. The smallest absolute Gasteiger partial charge is 0.227 e. The molecule has 1 saturated carbocycles. The van der Waals surface area contributed by atoms with Gasteiger partial charge in [0.2, 0.25) is 5.91 Å². The van der Waals surface area contributed by atoms with Gasteiger partial charge in [-0.15, -0.1) is 0 Å². The number of hydrogen-bond donors (Lipinski definition) is 4. The highest BCUT2D eigenvalue weighted by atomic mass is 16.5. The molecule has 0 radical (unpaired) electrons. The molecule has 1 aromatic heterocycles. The number of nitrogens with zero attached hydrogens (tertiary/aromatic N) is 1. The van der Waals surface area contributed by atoms with Gasteiger partial charge in [0.15, 0.2) is 0 Å². The number of ether oxygens (including phenoxy) is 1. The van der Waals surface area contributed by atoms with Crippen LogP contribution in [0.25, 0.3) is 10.9 Å². The van der Waals surface area contributed by atoms with Crippen LogP contribution in [0, 0.1) is 11.8 Å². The van der Waals surface area contributed by atoms with Crippen molar-refractivity contribution in [3.05, 3.63) is 132 Å². The molecule has 2 aliphatic rings. The zero-order chi connectivity index (χ0) is 30.5. The van der Waals surface area contributed by atoms with Crippen molar-refractivity contribution in [2.75, 3.05) is 20.2 Å². The summed E-state index contributed by atoms with van der Waals surface area (Å²) in [5.41, 5.74) is 1.94. The fraction of sp³-hybridized carbons (Fsp3) is 0.270. The van der Waals surface area contributed by atoms with Gasteiger partial charge >= 0.3 is 0 Å². The number of carbonyl (C=O) groups is 1. The quantitative estimate of drug-likeness (QED) is 0.220. The molecule has 1 aliphatic heterocycles. The van der Waals surface area contributed by atoms with Crippen LogP contribution in [-0.2, 0) is 22.2 Å². The number of H-pyrrole nitrogens is 1. The molecular weight excluding hydrogens is 552 g/mol. The number of fused-ring (bicyclic) bond motifs is 2. The summed E-state index contributed by atoms with van der Waals surface area (Å²) in [6.45, 7) is 0.676. The number of hydrogen-bond acceptors (Lipinski definition) is 5.